The van der Waals surface area contributed by atoms with Gasteiger partial charge in [0.15, 0.2) is 17.3 Å². The predicted molar refractivity (Wildman–Crippen MR) is 112 cm³/mol. The average Bonchev–Trinajstić information content (AvgIpc) is 3.25. The minimum atomic E-state index is -0.0872. The van der Waals surface area contributed by atoms with Crippen molar-refractivity contribution in [2.24, 2.45) is 0 Å². The van der Waals surface area contributed by atoms with Crippen LogP contribution in [0.4, 0.5) is 10.5 Å². The smallest absolute Gasteiger partial charge is 0.317 e. The van der Waals surface area contributed by atoms with Gasteiger partial charge >= 0.3 is 6.03 Å². The van der Waals surface area contributed by atoms with Gasteiger partial charge in [-0.3, -0.25) is 4.79 Å². The van der Waals surface area contributed by atoms with Gasteiger partial charge in [0.2, 0.25) is 6.79 Å². The molecule has 0 aliphatic carbocycles. The highest BCUT2D eigenvalue weighted by atomic mass is 16.7. The summed E-state index contributed by atoms with van der Waals surface area (Å²) in [5.74, 6) is 2.12. The van der Waals surface area contributed by atoms with E-state index in [1.807, 2.05) is 36.4 Å². The summed E-state index contributed by atoms with van der Waals surface area (Å²) in [6, 6.07) is 12.9. The molecule has 0 aromatic heterocycles. The Labute approximate surface area is 175 Å². The van der Waals surface area contributed by atoms with E-state index in [0.717, 1.165) is 18.8 Å². The number of nitrogens with zero attached hydrogens (tertiary/aromatic N) is 2. The topological polar surface area (TPSA) is 80.3 Å². The average molecular weight is 411 g/mol. The molecule has 1 saturated heterocycles. The first-order valence-electron chi connectivity index (χ1n) is 10.0. The summed E-state index contributed by atoms with van der Waals surface area (Å²) >= 11 is 0. The molecular formula is C22H25N3O5. The van der Waals surface area contributed by atoms with Crippen molar-refractivity contribution in [1.82, 2.24) is 10.2 Å². The lowest BCUT2D eigenvalue weighted by molar-refractivity contribution is 0.101. The maximum atomic E-state index is 12.4. The molecular weight excluding hydrogens is 386 g/mol. The first-order valence-corrected chi connectivity index (χ1v) is 10.0. The number of carbonyl (C=O) groups excluding carboxylic acids is 2. The van der Waals surface area contributed by atoms with Gasteiger partial charge in [0, 0.05) is 43.5 Å². The van der Waals surface area contributed by atoms with Crippen LogP contribution < -0.4 is 24.4 Å². The van der Waals surface area contributed by atoms with E-state index in [1.54, 1.807) is 17.9 Å². The van der Waals surface area contributed by atoms with Gasteiger partial charge in [-0.05, 0) is 43.3 Å². The lowest BCUT2D eigenvalue weighted by atomic mass is 10.1. The molecule has 1 N–H and O–H groups in total. The van der Waals surface area contributed by atoms with Crippen LogP contribution in [0.3, 0.4) is 0 Å². The van der Waals surface area contributed by atoms with Crippen LogP contribution in [0.1, 0.15) is 17.3 Å². The predicted octanol–water partition coefficient (Wildman–Crippen LogP) is 2.53. The van der Waals surface area contributed by atoms with E-state index < -0.39 is 0 Å². The minimum Gasteiger partial charge on any atom is -0.492 e. The molecule has 2 aromatic rings. The molecule has 30 heavy (non-hydrogen) atoms. The fourth-order valence-corrected chi connectivity index (χ4v) is 3.48. The SMILES string of the molecule is CC(=O)c1ccc(N2CCN(C(=O)NCCOc3ccc4c(c3)OCO4)CC2)cc1. The summed E-state index contributed by atoms with van der Waals surface area (Å²) in [7, 11) is 0. The Kier molecular flexibility index (Phi) is 5.92. The molecule has 2 aliphatic rings. The molecule has 2 aliphatic heterocycles. The summed E-state index contributed by atoms with van der Waals surface area (Å²) in [5.41, 5.74) is 1.77. The van der Waals surface area contributed by atoms with Gasteiger partial charge in [-0.1, -0.05) is 0 Å². The van der Waals surface area contributed by atoms with Crippen LogP contribution in [0.2, 0.25) is 0 Å². The normalized spacial score (nSPS) is 15.1. The summed E-state index contributed by atoms with van der Waals surface area (Å²) < 4.78 is 16.3. The third kappa shape index (κ3) is 4.59. The number of ether oxygens (including phenoxy) is 3. The number of hydrogen-bond donors (Lipinski definition) is 1. The minimum absolute atomic E-state index is 0.0607. The number of rotatable bonds is 6. The van der Waals surface area contributed by atoms with Crippen LogP contribution >= 0.6 is 0 Å². The lowest BCUT2D eigenvalue weighted by Crippen LogP contribution is -2.52. The number of hydrogen-bond acceptors (Lipinski definition) is 6. The molecule has 0 atom stereocenters. The van der Waals surface area contributed by atoms with Crippen molar-refractivity contribution in [3.05, 3.63) is 48.0 Å². The maximum Gasteiger partial charge on any atom is 0.317 e. The lowest BCUT2D eigenvalue weighted by Gasteiger charge is -2.36. The Morgan fingerprint density at radius 2 is 1.73 bits per heavy atom. The van der Waals surface area contributed by atoms with Crippen molar-refractivity contribution in [3.8, 4) is 17.2 Å². The van der Waals surface area contributed by atoms with Crippen LogP contribution in [0.15, 0.2) is 42.5 Å². The molecule has 2 heterocycles. The molecule has 8 heteroatoms. The maximum absolute atomic E-state index is 12.4. The summed E-state index contributed by atoms with van der Waals surface area (Å²) in [4.78, 5) is 27.8. The third-order valence-corrected chi connectivity index (χ3v) is 5.20. The number of urea groups is 1. The van der Waals surface area contributed by atoms with Gasteiger partial charge in [0.25, 0.3) is 0 Å². The highest BCUT2D eigenvalue weighted by molar-refractivity contribution is 5.94. The van der Waals surface area contributed by atoms with Crippen LogP contribution in [-0.2, 0) is 0 Å². The van der Waals surface area contributed by atoms with Gasteiger partial charge in [-0.15, -0.1) is 0 Å². The van der Waals surface area contributed by atoms with Gasteiger partial charge in [0.05, 0.1) is 6.54 Å². The number of Topliss-reactive ketones (excluding diaryl/α,β-unsaturated/α-hetero) is 1. The van der Waals surface area contributed by atoms with Gasteiger partial charge in [-0.2, -0.15) is 0 Å². The fraction of sp³-hybridized carbons (Fsp3) is 0.364. The Hall–Kier alpha value is -3.42. The van der Waals surface area contributed by atoms with Crippen LogP contribution in [0.5, 0.6) is 17.2 Å². The molecule has 0 spiro atoms. The number of piperazine rings is 1. The van der Waals surface area contributed by atoms with Crippen LogP contribution in [0.25, 0.3) is 0 Å². The first kappa shape index (κ1) is 19.9. The molecule has 158 valence electrons. The van der Waals surface area contributed by atoms with E-state index >= 15 is 0 Å². The van der Waals surface area contributed by atoms with E-state index in [-0.39, 0.29) is 18.6 Å². The van der Waals surface area contributed by atoms with Gasteiger partial charge in [-0.25, -0.2) is 4.79 Å². The second kappa shape index (κ2) is 8.94. The van der Waals surface area contributed by atoms with Crippen molar-refractivity contribution in [3.63, 3.8) is 0 Å². The fourth-order valence-electron chi connectivity index (χ4n) is 3.48. The summed E-state index contributed by atoms with van der Waals surface area (Å²) in [6.07, 6.45) is 0. The molecule has 1 fully saturated rings. The van der Waals surface area contributed by atoms with Gasteiger partial charge in [0.1, 0.15) is 12.4 Å². The Bertz CT molecular complexity index is 907. The number of nitrogens with one attached hydrogen (secondary N) is 1. The second-order valence-corrected chi connectivity index (χ2v) is 7.17. The summed E-state index contributed by atoms with van der Waals surface area (Å²) in [6.45, 7) is 5.36. The molecule has 0 unspecified atom stereocenters. The molecule has 0 radical (unpaired) electrons. The molecule has 0 saturated carbocycles. The highest BCUT2D eigenvalue weighted by Crippen LogP contribution is 2.35. The van der Waals surface area contributed by atoms with Crippen molar-refractivity contribution < 1.29 is 23.8 Å². The zero-order valence-corrected chi connectivity index (χ0v) is 16.9. The number of carbonyl (C=O) groups is 2. The van der Waals surface area contributed by atoms with Crippen molar-refractivity contribution in [2.75, 3.05) is 51.0 Å². The van der Waals surface area contributed by atoms with Gasteiger partial charge < -0.3 is 29.3 Å². The molecule has 8 nitrogen and oxygen atoms in total. The standard InChI is InChI=1S/C22H25N3O5/c1-16(26)17-2-4-18(5-3-17)24-9-11-25(12-10-24)22(27)23-8-13-28-19-6-7-20-21(14-19)30-15-29-20/h2-7,14H,8-13,15H2,1H3,(H,23,27). The Morgan fingerprint density at radius 1 is 1.00 bits per heavy atom. The second-order valence-electron chi connectivity index (χ2n) is 7.17. The van der Waals surface area contributed by atoms with Crippen LogP contribution in [-0.4, -0.2) is 62.8 Å². The van der Waals surface area contributed by atoms with Crippen LogP contribution in [0, 0.1) is 0 Å². The quantitative estimate of drug-likeness (QED) is 0.581. The zero-order valence-electron chi connectivity index (χ0n) is 16.9. The Balaban J connectivity index is 1.18. The van der Waals surface area contributed by atoms with Crippen molar-refractivity contribution >= 4 is 17.5 Å². The number of ketones is 1. The molecule has 4 rings (SSSR count). The van der Waals surface area contributed by atoms with E-state index in [2.05, 4.69) is 10.2 Å². The van der Waals surface area contributed by atoms with Crippen molar-refractivity contribution in [1.29, 1.82) is 0 Å². The van der Waals surface area contributed by atoms with E-state index in [0.29, 0.717) is 49.1 Å². The van der Waals surface area contributed by atoms with E-state index in [9.17, 15) is 9.59 Å². The zero-order chi connectivity index (χ0) is 20.9. The largest absolute Gasteiger partial charge is 0.492 e. The third-order valence-electron chi connectivity index (χ3n) is 5.20. The summed E-state index contributed by atoms with van der Waals surface area (Å²) in [5, 5.41) is 2.90. The van der Waals surface area contributed by atoms with E-state index in [1.165, 1.54) is 0 Å². The Morgan fingerprint density at radius 3 is 2.47 bits per heavy atom. The van der Waals surface area contributed by atoms with Crippen molar-refractivity contribution in [2.45, 2.75) is 6.92 Å². The number of anilines is 1. The molecule has 0 bridgehead atoms. The molecule has 2 amide bonds. The van der Waals surface area contributed by atoms with E-state index in [4.69, 9.17) is 14.2 Å². The number of amides is 2. The monoisotopic (exact) mass is 411 g/mol. The first-order chi connectivity index (χ1) is 14.6. The number of fused-ring (bicyclic) bond motifs is 1. The number of benzene rings is 2. The highest BCUT2D eigenvalue weighted by Gasteiger charge is 2.21. The molecule has 2 aromatic carbocycles.